The number of sulfone groups is 2. The highest BCUT2D eigenvalue weighted by Crippen LogP contribution is 2.29. The second-order valence-electron chi connectivity index (χ2n) is 15.2. The maximum atomic E-state index is 13.3. The summed E-state index contributed by atoms with van der Waals surface area (Å²) in [5.74, 6) is -3.38. The monoisotopic (exact) mass is 1020 g/mol. The Balaban J connectivity index is 1.30. The molecule has 0 bridgehead atoms. The van der Waals surface area contributed by atoms with Gasteiger partial charge in [-0.25, -0.2) is 26.4 Å². The van der Waals surface area contributed by atoms with E-state index < -0.39 is 66.0 Å². The molecule has 2 N–H and O–H groups in total. The Hall–Kier alpha value is -7.68. The molecule has 25 heteroatoms. The standard InChI is InChI=1S/C46H50N8O15S2/c1-29(2)45(59)68-21-19-65-17-15-53-41(55)37(27-47)31(5)39(43(53)57)51-49-33-7-11-35(12-8-33)70(61,62)25-23-67-24-26-71(63,64)36-13-9-34(10-14-36)50-52-40-32(6)38(28-48)42(56)54(44(40)58)16-18-66-20-22-69-46(60)30(3)4/h7-14,55-56H,1,3,15-26H2,2,4-6H3. The lowest BCUT2D eigenvalue weighted by Crippen LogP contribution is -2.24. The Bertz CT molecular complexity index is 2940. The fourth-order valence-corrected chi connectivity index (χ4v) is 8.26. The van der Waals surface area contributed by atoms with Crippen LogP contribution in [-0.2, 0) is 66.0 Å². The topological polar surface area (TPSA) is 330 Å². The molecular weight excluding hydrogens is 969 g/mol. The SMILES string of the molecule is C=C(C)C(=O)OCCOCCn1c(O)c(C#N)c(C)c(N=Nc2ccc(S(=O)(=O)CCOCCS(=O)(=O)c3ccc(N=Nc4c(C)c(C#N)c(O)n(CCOCCOC(=O)C(=C)C)c4=O)cc3)cc2)c1=O. The zero-order valence-corrected chi connectivity index (χ0v) is 40.7. The van der Waals surface area contributed by atoms with E-state index in [1.54, 1.807) is 0 Å². The van der Waals surface area contributed by atoms with Crippen LogP contribution in [0.5, 0.6) is 11.8 Å². The average molecular weight is 1020 g/mol. The first-order valence-electron chi connectivity index (χ1n) is 21.3. The Morgan fingerprint density at radius 3 is 1.24 bits per heavy atom. The number of carbonyl (C=O) groups excluding carboxylic acids is 2. The number of aromatic hydroxyl groups is 2. The number of nitrogens with zero attached hydrogens (tertiary/aromatic N) is 8. The maximum absolute atomic E-state index is 13.3. The molecule has 376 valence electrons. The number of azo groups is 2. The summed E-state index contributed by atoms with van der Waals surface area (Å²) in [5.41, 5.74) is -1.68. The van der Waals surface area contributed by atoms with Crippen LogP contribution in [0.3, 0.4) is 0 Å². The molecule has 2 heterocycles. The Kier molecular flexibility index (Phi) is 20.3. The zero-order chi connectivity index (χ0) is 52.5. The lowest BCUT2D eigenvalue weighted by molar-refractivity contribution is -0.141. The number of aromatic nitrogens is 2. The summed E-state index contributed by atoms with van der Waals surface area (Å²) < 4.78 is 80.0. The average Bonchev–Trinajstić information content (AvgIpc) is 3.33. The van der Waals surface area contributed by atoms with Gasteiger partial charge in [-0.15, -0.1) is 10.2 Å². The molecule has 0 saturated carbocycles. The summed E-state index contributed by atoms with van der Waals surface area (Å²) >= 11 is 0. The van der Waals surface area contributed by atoms with Crippen LogP contribution in [0.1, 0.15) is 36.1 Å². The van der Waals surface area contributed by atoms with Gasteiger partial charge in [0.1, 0.15) is 36.5 Å². The first kappa shape index (κ1) is 55.9. The van der Waals surface area contributed by atoms with E-state index in [0.717, 1.165) is 9.13 Å². The molecule has 0 aliphatic rings. The van der Waals surface area contributed by atoms with E-state index in [9.17, 15) is 56.8 Å². The van der Waals surface area contributed by atoms with Crippen molar-refractivity contribution in [3.63, 3.8) is 0 Å². The van der Waals surface area contributed by atoms with Crippen LogP contribution >= 0.6 is 0 Å². The number of carbonyl (C=O) groups is 2. The molecule has 2 aromatic heterocycles. The minimum atomic E-state index is -3.92. The summed E-state index contributed by atoms with van der Waals surface area (Å²) in [6.07, 6.45) is 0. The minimum absolute atomic E-state index is 0.00882. The van der Waals surface area contributed by atoms with Gasteiger partial charge in [0.05, 0.1) is 85.4 Å². The summed E-state index contributed by atoms with van der Waals surface area (Å²) in [7, 11) is -7.84. The third kappa shape index (κ3) is 15.2. The molecule has 0 aliphatic heterocycles. The molecule has 0 saturated heterocycles. The van der Waals surface area contributed by atoms with Gasteiger partial charge in [-0.05, 0) is 76.2 Å². The highest BCUT2D eigenvalue weighted by molar-refractivity contribution is 7.91. The molecule has 0 radical (unpaired) electrons. The van der Waals surface area contributed by atoms with Crippen molar-refractivity contribution in [2.24, 2.45) is 20.5 Å². The number of nitriles is 2. The smallest absolute Gasteiger partial charge is 0.333 e. The third-order valence-corrected chi connectivity index (χ3v) is 13.4. The third-order valence-electron chi connectivity index (χ3n) is 9.99. The predicted octanol–water partition coefficient (Wildman–Crippen LogP) is 5.15. The van der Waals surface area contributed by atoms with Crippen LogP contribution in [0.15, 0.2) is 113 Å². The maximum Gasteiger partial charge on any atom is 0.333 e. The number of esters is 2. The van der Waals surface area contributed by atoms with E-state index in [2.05, 4.69) is 33.6 Å². The first-order chi connectivity index (χ1) is 33.6. The molecule has 4 aromatic rings. The Labute approximate surface area is 408 Å². The number of benzene rings is 2. The molecule has 23 nitrogen and oxygen atoms in total. The van der Waals surface area contributed by atoms with Gasteiger partial charge in [-0.2, -0.15) is 20.8 Å². The second-order valence-corrected chi connectivity index (χ2v) is 19.4. The van der Waals surface area contributed by atoms with Gasteiger partial charge in [0, 0.05) is 22.3 Å². The number of hydrogen-bond acceptors (Lipinski definition) is 21. The summed E-state index contributed by atoms with van der Waals surface area (Å²) in [5, 5.41) is 56.6. The van der Waals surface area contributed by atoms with Gasteiger partial charge in [0.25, 0.3) is 11.1 Å². The lowest BCUT2D eigenvalue weighted by atomic mass is 10.1. The lowest BCUT2D eigenvalue weighted by Gasteiger charge is -2.13. The molecule has 0 spiro atoms. The molecule has 71 heavy (non-hydrogen) atoms. The molecule has 2 aromatic carbocycles. The molecule has 0 fully saturated rings. The number of pyridine rings is 2. The van der Waals surface area contributed by atoms with E-state index >= 15 is 0 Å². The molecule has 0 amide bonds. The quantitative estimate of drug-likeness (QED) is 0.0355. The minimum Gasteiger partial charge on any atom is -0.493 e. The van der Waals surface area contributed by atoms with Crippen molar-refractivity contribution in [1.82, 2.24) is 9.13 Å². The molecule has 0 aliphatic carbocycles. The summed E-state index contributed by atoms with van der Waals surface area (Å²) in [6, 6.07) is 14.0. The van der Waals surface area contributed by atoms with E-state index in [4.69, 9.17) is 23.7 Å². The largest absolute Gasteiger partial charge is 0.493 e. The van der Waals surface area contributed by atoms with Crippen LogP contribution in [-0.4, -0.2) is 112 Å². The van der Waals surface area contributed by atoms with E-state index in [1.165, 1.54) is 76.2 Å². The number of hydrogen-bond donors (Lipinski definition) is 2. The van der Waals surface area contributed by atoms with Crippen LogP contribution in [0.25, 0.3) is 0 Å². The van der Waals surface area contributed by atoms with Crippen LogP contribution in [0.2, 0.25) is 0 Å². The normalized spacial score (nSPS) is 11.6. The van der Waals surface area contributed by atoms with Crippen molar-refractivity contribution in [1.29, 1.82) is 10.5 Å². The van der Waals surface area contributed by atoms with Crippen molar-refractivity contribution in [3.05, 3.63) is 116 Å². The fourth-order valence-electron chi connectivity index (χ4n) is 6.01. The molecule has 0 unspecified atom stereocenters. The second kappa shape index (κ2) is 25.8. The van der Waals surface area contributed by atoms with Crippen molar-refractivity contribution in [2.75, 3.05) is 64.4 Å². The van der Waals surface area contributed by atoms with E-state index in [-0.39, 0.29) is 132 Å². The highest BCUT2D eigenvalue weighted by atomic mass is 32.2. The van der Waals surface area contributed by atoms with Crippen molar-refractivity contribution in [3.8, 4) is 23.9 Å². The Morgan fingerprint density at radius 1 is 0.577 bits per heavy atom. The van der Waals surface area contributed by atoms with Gasteiger partial charge in [0.15, 0.2) is 31.0 Å². The molecular formula is C46H50N8O15S2. The van der Waals surface area contributed by atoms with Gasteiger partial charge in [0.2, 0.25) is 11.8 Å². The van der Waals surface area contributed by atoms with Crippen molar-refractivity contribution in [2.45, 2.75) is 50.6 Å². The molecule has 0 atom stereocenters. The van der Waals surface area contributed by atoms with Crippen molar-refractivity contribution < 1.29 is 60.3 Å². The zero-order valence-electron chi connectivity index (χ0n) is 39.1. The van der Waals surface area contributed by atoms with Gasteiger partial charge >= 0.3 is 11.9 Å². The van der Waals surface area contributed by atoms with Crippen LogP contribution in [0.4, 0.5) is 22.7 Å². The first-order valence-corrected chi connectivity index (χ1v) is 24.6. The van der Waals surface area contributed by atoms with E-state index in [1.807, 2.05) is 12.1 Å². The fraction of sp³-hybridized carbons (Fsp3) is 0.348. The Morgan fingerprint density at radius 2 is 0.915 bits per heavy atom. The highest BCUT2D eigenvalue weighted by Gasteiger charge is 2.22. The predicted molar refractivity (Wildman–Crippen MR) is 253 cm³/mol. The van der Waals surface area contributed by atoms with Crippen LogP contribution < -0.4 is 11.1 Å². The van der Waals surface area contributed by atoms with E-state index in [0.29, 0.717) is 0 Å². The van der Waals surface area contributed by atoms with Gasteiger partial charge in [-0.1, -0.05) is 13.2 Å². The molecule has 4 rings (SSSR count). The summed E-state index contributed by atoms with van der Waals surface area (Å²) in [6.45, 7) is 11.3. The summed E-state index contributed by atoms with van der Waals surface area (Å²) in [4.78, 5) is 49.3. The number of ether oxygens (including phenoxy) is 5. The van der Waals surface area contributed by atoms with Gasteiger partial charge in [-0.3, -0.25) is 18.7 Å². The van der Waals surface area contributed by atoms with Gasteiger partial charge < -0.3 is 33.9 Å². The number of rotatable bonds is 26. The van der Waals surface area contributed by atoms with Crippen LogP contribution in [0, 0.1) is 36.5 Å². The van der Waals surface area contributed by atoms with Crippen molar-refractivity contribution >= 4 is 54.4 Å².